The Labute approximate surface area is 184 Å². The van der Waals surface area contributed by atoms with Crippen molar-refractivity contribution in [3.05, 3.63) is 76.2 Å². The first-order chi connectivity index (χ1) is 15.6. The van der Waals surface area contributed by atoms with E-state index >= 15 is 0 Å². The van der Waals surface area contributed by atoms with Gasteiger partial charge in [-0.2, -0.15) is 0 Å². The molecule has 0 spiro atoms. The first-order valence-corrected chi connectivity index (χ1v) is 10.3. The summed E-state index contributed by atoms with van der Waals surface area (Å²) < 4.78 is 6.00. The maximum absolute atomic E-state index is 11.7. The molecular weight excluding hydrogens is 412 g/mol. The Morgan fingerprint density at radius 1 is 1.22 bits per heavy atom. The third-order valence-corrected chi connectivity index (χ3v) is 4.74. The number of aliphatic imine (C=N–C) groups is 1. The zero-order chi connectivity index (χ0) is 22.3. The molecule has 3 aromatic rings. The minimum Gasteiger partial charge on any atom is -0.389 e. The van der Waals surface area contributed by atoms with Gasteiger partial charge >= 0.3 is 5.76 Å². The lowest BCUT2D eigenvalue weighted by molar-refractivity contribution is 0.0760. The fraction of sp³-hybridized carbons (Fsp3) is 0.318. The lowest BCUT2D eigenvalue weighted by Gasteiger charge is -2.07. The van der Waals surface area contributed by atoms with Gasteiger partial charge in [-0.15, -0.1) is 0 Å². The molecule has 2 heterocycles. The van der Waals surface area contributed by atoms with Crippen molar-refractivity contribution >= 4 is 17.4 Å². The average molecular weight is 436 g/mol. The second-order valence-corrected chi connectivity index (χ2v) is 7.45. The number of hydrogen-bond donors (Lipinski definition) is 1. The number of hydroxylamine groups is 1. The minimum absolute atomic E-state index is 0.107. The van der Waals surface area contributed by atoms with Crippen LogP contribution >= 0.6 is 0 Å². The molecule has 2 aromatic heterocycles. The summed E-state index contributed by atoms with van der Waals surface area (Å²) in [6, 6.07) is 14.7. The lowest BCUT2D eigenvalue weighted by Crippen LogP contribution is -2.21. The van der Waals surface area contributed by atoms with Gasteiger partial charge < -0.3 is 4.84 Å². The van der Waals surface area contributed by atoms with E-state index in [1.807, 2.05) is 49.4 Å². The maximum atomic E-state index is 11.7. The highest BCUT2D eigenvalue weighted by Crippen LogP contribution is 2.28. The predicted octanol–water partition coefficient (Wildman–Crippen LogP) is 2.72. The second kappa shape index (κ2) is 10.0. The standard InChI is InChI=1S/C22H24N6O4/c1-15(25-30-13-16-11-12-16)23-19-10-6-9-18(24-19)14-31-26-20(17-7-4-3-5-8-17)21-27-32-22(29)28(21)2/h3-10,16H,11-14H2,1-2H3,(H,23,24,25)/b26-20-. The van der Waals surface area contributed by atoms with E-state index in [1.54, 1.807) is 13.1 Å². The molecule has 4 rings (SSSR count). The maximum Gasteiger partial charge on any atom is 0.441 e. The molecule has 0 unspecified atom stereocenters. The van der Waals surface area contributed by atoms with Gasteiger partial charge in [-0.25, -0.2) is 14.8 Å². The monoisotopic (exact) mass is 436 g/mol. The molecule has 32 heavy (non-hydrogen) atoms. The molecule has 1 aromatic carbocycles. The number of hydrogen-bond acceptors (Lipinski definition) is 8. The first-order valence-electron chi connectivity index (χ1n) is 10.3. The molecule has 1 N–H and O–H groups in total. The number of oxime groups is 1. The quantitative estimate of drug-likeness (QED) is 0.311. The van der Waals surface area contributed by atoms with Crippen LogP contribution in [-0.4, -0.2) is 32.9 Å². The van der Waals surface area contributed by atoms with Crippen LogP contribution in [0.3, 0.4) is 0 Å². The van der Waals surface area contributed by atoms with Crippen molar-refractivity contribution in [2.75, 3.05) is 6.61 Å². The van der Waals surface area contributed by atoms with E-state index in [0.717, 1.165) is 5.56 Å². The van der Waals surface area contributed by atoms with Crippen molar-refractivity contribution in [3.8, 4) is 0 Å². The topological polar surface area (TPSA) is 116 Å². The molecule has 1 aliphatic rings. The lowest BCUT2D eigenvalue weighted by atomic mass is 10.1. The van der Waals surface area contributed by atoms with Crippen molar-refractivity contribution in [1.29, 1.82) is 0 Å². The number of amidine groups is 1. The number of nitrogens with zero attached hydrogens (tertiary/aromatic N) is 5. The Bertz CT molecular complexity index is 1160. The smallest absolute Gasteiger partial charge is 0.389 e. The van der Waals surface area contributed by atoms with Gasteiger partial charge in [0.1, 0.15) is 5.84 Å². The van der Waals surface area contributed by atoms with Crippen molar-refractivity contribution < 1.29 is 14.2 Å². The van der Waals surface area contributed by atoms with Crippen molar-refractivity contribution in [3.63, 3.8) is 0 Å². The van der Waals surface area contributed by atoms with Crippen LogP contribution in [0.5, 0.6) is 0 Å². The van der Waals surface area contributed by atoms with Crippen LogP contribution in [0.15, 0.2) is 68.0 Å². The fourth-order valence-electron chi connectivity index (χ4n) is 2.83. The number of nitrogens with one attached hydrogen (secondary N) is 1. The van der Waals surface area contributed by atoms with E-state index in [4.69, 9.17) is 14.2 Å². The molecular formula is C22H24N6O4. The van der Waals surface area contributed by atoms with Crippen molar-refractivity contribution in [2.45, 2.75) is 26.4 Å². The number of benzene rings is 1. The summed E-state index contributed by atoms with van der Waals surface area (Å²) in [4.78, 5) is 31.5. The molecule has 10 nitrogen and oxygen atoms in total. The SMILES string of the molecule is CC(=Nc1cccc(CO/N=C(/c2ccccc2)c2noc(=O)n2C)n1)NOCC1CC1. The molecule has 166 valence electrons. The van der Waals surface area contributed by atoms with Crippen LogP contribution in [0, 0.1) is 5.92 Å². The Balaban J connectivity index is 1.44. The first kappa shape index (κ1) is 21.4. The van der Waals surface area contributed by atoms with E-state index in [2.05, 4.69) is 25.8 Å². The van der Waals surface area contributed by atoms with Gasteiger partial charge in [0.2, 0.25) is 5.82 Å². The molecule has 0 aliphatic heterocycles. The Kier molecular flexibility index (Phi) is 6.71. The van der Waals surface area contributed by atoms with Crippen LogP contribution in [-0.2, 0) is 23.3 Å². The van der Waals surface area contributed by atoms with Gasteiger partial charge in [0.05, 0.1) is 12.3 Å². The molecule has 0 saturated heterocycles. The predicted molar refractivity (Wildman–Crippen MR) is 117 cm³/mol. The molecule has 10 heteroatoms. The summed E-state index contributed by atoms with van der Waals surface area (Å²) >= 11 is 0. The largest absolute Gasteiger partial charge is 0.441 e. The summed E-state index contributed by atoms with van der Waals surface area (Å²) in [6.45, 7) is 2.61. The molecule has 0 atom stereocenters. The van der Waals surface area contributed by atoms with E-state index in [9.17, 15) is 4.79 Å². The Morgan fingerprint density at radius 3 is 2.75 bits per heavy atom. The highest BCUT2D eigenvalue weighted by atomic mass is 16.6. The number of rotatable bonds is 9. The summed E-state index contributed by atoms with van der Waals surface area (Å²) in [5.74, 6) is 1.49. The molecule has 0 bridgehead atoms. The summed E-state index contributed by atoms with van der Waals surface area (Å²) in [7, 11) is 1.56. The van der Waals surface area contributed by atoms with E-state index in [0.29, 0.717) is 35.6 Å². The number of aromatic nitrogens is 3. The minimum atomic E-state index is -0.582. The summed E-state index contributed by atoms with van der Waals surface area (Å²) in [5.41, 5.74) is 4.59. The molecule has 1 aliphatic carbocycles. The Hall–Kier alpha value is -3.79. The normalized spacial score (nSPS) is 14.4. The third kappa shape index (κ3) is 5.67. The van der Waals surface area contributed by atoms with Gasteiger partial charge in [0, 0.05) is 12.6 Å². The van der Waals surface area contributed by atoms with Crippen molar-refractivity contribution in [1.82, 2.24) is 20.2 Å². The van der Waals surface area contributed by atoms with Crippen LogP contribution in [0.2, 0.25) is 0 Å². The summed E-state index contributed by atoms with van der Waals surface area (Å²) in [6.07, 6.45) is 2.45. The fourth-order valence-corrected chi connectivity index (χ4v) is 2.83. The molecule has 1 saturated carbocycles. The van der Waals surface area contributed by atoms with E-state index in [-0.39, 0.29) is 12.4 Å². The van der Waals surface area contributed by atoms with Crippen LogP contribution < -0.4 is 11.2 Å². The van der Waals surface area contributed by atoms with Crippen LogP contribution in [0.4, 0.5) is 5.82 Å². The van der Waals surface area contributed by atoms with E-state index < -0.39 is 5.76 Å². The zero-order valence-corrected chi connectivity index (χ0v) is 17.9. The van der Waals surface area contributed by atoms with Gasteiger partial charge in [-0.1, -0.05) is 46.7 Å². The van der Waals surface area contributed by atoms with E-state index in [1.165, 1.54) is 17.4 Å². The van der Waals surface area contributed by atoms with Crippen molar-refractivity contribution in [2.24, 2.45) is 23.1 Å². The number of pyridine rings is 1. The van der Waals surface area contributed by atoms with Crippen LogP contribution in [0.25, 0.3) is 0 Å². The third-order valence-electron chi connectivity index (χ3n) is 4.74. The average Bonchev–Trinajstić information content (AvgIpc) is 3.57. The second-order valence-electron chi connectivity index (χ2n) is 7.45. The van der Waals surface area contributed by atoms with Gasteiger partial charge in [0.15, 0.2) is 18.1 Å². The highest BCUT2D eigenvalue weighted by molar-refractivity contribution is 6.10. The molecule has 0 amide bonds. The van der Waals surface area contributed by atoms with Gasteiger partial charge in [-0.05, 0) is 37.8 Å². The molecule has 1 fully saturated rings. The van der Waals surface area contributed by atoms with Gasteiger partial charge in [-0.3, -0.25) is 19.4 Å². The Morgan fingerprint density at radius 2 is 2.03 bits per heavy atom. The zero-order valence-electron chi connectivity index (χ0n) is 17.9. The summed E-state index contributed by atoms with van der Waals surface area (Å²) in [5, 5.41) is 8.03. The highest BCUT2D eigenvalue weighted by Gasteiger charge is 2.21. The molecule has 0 radical (unpaired) electrons. The van der Waals surface area contributed by atoms with Gasteiger partial charge in [0.25, 0.3) is 0 Å². The van der Waals surface area contributed by atoms with Crippen LogP contribution in [0.1, 0.15) is 36.8 Å².